The third kappa shape index (κ3) is 2.89. The van der Waals surface area contributed by atoms with Crippen LogP contribution in [0.5, 0.6) is 0 Å². The van der Waals surface area contributed by atoms with Gasteiger partial charge in [-0.1, -0.05) is 18.2 Å². The van der Waals surface area contributed by atoms with Crippen molar-refractivity contribution in [2.45, 2.75) is 24.9 Å². The number of sulfonamides is 1. The Kier molecular flexibility index (Phi) is 4.05. The number of hydrogen-bond acceptors (Lipinski definition) is 3. The van der Waals surface area contributed by atoms with Gasteiger partial charge in [-0.2, -0.15) is 4.31 Å². The number of nitrogens with zero attached hydrogens (tertiary/aromatic N) is 2. The zero-order chi connectivity index (χ0) is 18.3. The van der Waals surface area contributed by atoms with E-state index in [1.54, 1.807) is 12.1 Å². The van der Waals surface area contributed by atoms with E-state index in [9.17, 15) is 13.2 Å². The van der Waals surface area contributed by atoms with Gasteiger partial charge in [-0.25, -0.2) is 8.42 Å². The summed E-state index contributed by atoms with van der Waals surface area (Å²) in [5.41, 5.74) is 2.71. The molecule has 0 aliphatic carbocycles. The maximum Gasteiger partial charge on any atom is 0.243 e. The van der Waals surface area contributed by atoms with E-state index in [2.05, 4.69) is 22.0 Å². The summed E-state index contributed by atoms with van der Waals surface area (Å²) in [4.78, 5) is 11.3. The van der Waals surface area contributed by atoms with Crippen LogP contribution in [0.1, 0.15) is 12.6 Å². The molecule has 0 atom stereocenters. The Labute approximate surface area is 152 Å². The number of anilines is 1. The van der Waals surface area contributed by atoms with Crippen molar-refractivity contribution in [3.63, 3.8) is 0 Å². The van der Waals surface area contributed by atoms with Crippen LogP contribution in [-0.2, 0) is 27.9 Å². The van der Waals surface area contributed by atoms with Crippen molar-refractivity contribution < 1.29 is 13.2 Å². The van der Waals surface area contributed by atoms with Gasteiger partial charge in [0.05, 0.1) is 11.4 Å². The van der Waals surface area contributed by atoms with Gasteiger partial charge >= 0.3 is 0 Å². The van der Waals surface area contributed by atoms with Crippen molar-refractivity contribution in [3.05, 3.63) is 60.3 Å². The fourth-order valence-corrected chi connectivity index (χ4v) is 4.80. The quantitative estimate of drug-likeness (QED) is 0.772. The number of aromatic nitrogens is 1. The van der Waals surface area contributed by atoms with Gasteiger partial charge < -0.3 is 9.88 Å². The molecule has 0 saturated heterocycles. The smallest absolute Gasteiger partial charge is 0.243 e. The highest BCUT2D eigenvalue weighted by molar-refractivity contribution is 7.89. The molecule has 7 heteroatoms. The average molecular weight is 369 g/mol. The van der Waals surface area contributed by atoms with Crippen molar-refractivity contribution in [1.82, 2.24) is 8.87 Å². The molecule has 1 N–H and O–H groups in total. The Morgan fingerprint density at radius 2 is 1.77 bits per heavy atom. The van der Waals surface area contributed by atoms with E-state index in [-0.39, 0.29) is 10.8 Å². The maximum absolute atomic E-state index is 13.0. The van der Waals surface area contributed by atoms with Crippen LogP contribution >= 0.6 is 0 Å². The third-order valence-electron chi connectivity index (χ3n) is 4.62. The summed E-state index contributed by atoms with van der Waals surface area (Å²) >= 11 is 0. The van der Waals surface area contributed by atoms with Gasteiger partial charge in [-0.05, 0) is 41.8 Å². The number of carbonyl (C=O) groups excluding carboxylic acids is 1. The minimum atomic E-state index is -3.58. The van der Waals surface area contributed by atoms with Crippen LogP contribution in [0.15, 0.2) is 59.5 Å². The van der Waals surface area contributed by atoms with Gasteiger partial charge in [0.25, 0.3) is 0 Å². The minimum Gasteiger partial charge on any atom is -0.342 e. The molecule has 2 heterocycles. The van der Waals surface area contributed by atoms with Crippen LogP contribution in [0.4, 0.5) is 5.69 Å². The predicted molar refractivity (Wildman–Crippen MR) is 100 cm³/mol. The molecule has 1 aliphatic rings. The highest BCUT2D eigenvalue weighted by atomic mass is 32.2. The highest BCUT2D eigenvalue weighted by Gasteiger charge is 2.29. The van der Waals surface area contributed by atoms with E-state index in [0.29, 0.717) is 25.3 Å². The lowest BCUT2D eigenvalue weighted by Crippen LogP contribution is -2.37. The molecule has 0 fully saturated rings. The number of para-hydroxylation sites is 1. The van der Waals surface area contributed by atoms with Crippen molar-refractivity contribution in [2.75, 3.05) is 11.9 Å². The highest BCUT2D eigenvalue weighted by Crippen LogP contribution is 2.27. The molecule has 0 spiro atoms. The van der Waals surface area contributed by atoms with Crippen LogP contribution in [0.25, 0.3) is 10.9 Å². The first kappa shape index (κ1) is 16.8. The van der Waals surface area contributed by atoms with E-state index in [1.807, 2.05) is 18.2 Å². The number of carbonyl (C=O) groups is 1. The summed E-state index contributed by atoms with van der Waals surface area (Å²) in [6, 6.07) is 16.4. The lowest BCUT2D eigenvalue weighted by molar-refractivity contribution is -0.114. The molecule has 0 saturated carbocycles. The van der Waals surface area contributed by atoms with E-state index < -0.39 is 10.0 Å². The summed E-state index contributed by atoms with van der Waals surface area (Å²) in [5.74, 6) is -0.190. The van der Waals surface area contributed by atoms with Crippen LogP contribution in [0.3, 0.4) is 0 Å². The Balaban J connectivity index is 1.62. The van der Waals surface area contributed by atoms with Gasteiger partial charge in [0, 0.05) is 36.9 Å². The SMILES string of the molecule is CC(=O)Nc1ccc(S(=O)(=O)N2CCn3c(cc4ccccc43)C2)cc1. The molecule has 0 bridgehead atoms. The van der Waals surface area contributed by atoms with Crippen LogP contribution < -0.4 is 5.32 Å². The van der Waals surface area contributed by atoms with E-state index in [1.165, 1.54) is 23.4 Å². The molecule has 0 radical (unpaired) electrons. The second-order valence-electron chi connectivity index (χ2n) is 6.39. The molecule has 6 nitrogen and oxygen atoms in total. The van der Waals surface area contributed by atoms with Crippen LogP contribution in [0.2, 0.25) is 0 Å². The summed E-state index contributed by atoms with van der Waals surface area (Å²) < 4.78 is 29.6. The van der Waals surface area contributed by atoms with Crippen molar-refractivity contribution in [1.29, 1.82) is 0 Å². The Morgan fingerprint density at radius 1 is 1.04 bits per heavy atom. The Hall–Kier alpha value is -2.64. The molecule has 1 amide bonds. The Bertz CT molecular complexity index is 1080. The van der Waals surface area contributed by atoms with Crippen LogP contribution in [0, 0.1) is 0 Å². The first-order valence-electron chi connectivity index (χ1n) is 8.40. The molecule has 3 aromatic rings. The number of rotatable bonds is 3. The average Bonchev–Trinajstić information content (AvgIpc) is 2.99. The second-order valence-corrected chi connectivity index (χ2v) is 8.33. The molecule has 26 heavy (non-hydrogen) atoms. The molecule has 134 valence electrons. The normalized spacial score (nSPS) is 15.0. The fourth-order valence-electron chi connectivity index (χ4n) is 3.40. The molecule has 0 unspecified atom stereocenters. The maximum atomic E-state index is 13.0. The number of nitrogens with one attached hydrogen (secondary N) is 1. The van der Waals surface area contributed by atoms with Crippen molar-refractivity contribution in [2.24, 2.45) is 0 Å². The fraction of sp³-hybridized carbons (Fsp3) is 0.211. The summed E-state index contributed by atoms with van der Waals surface area (Å²) in [5, 5.41) is 3.77. The van der Waals surface area contributed by atoms with E-state index >= 15 is 0 Å². The van der Waals surface area contributed by atoms with E-state index in [0.717, 1.165) is 16.6 Å². The molecule has 4 rings (SSSR count). The number of amides is 1. The summed E-state index contributed by atoms with van der Waals surface area (Å²) in [7, 11) is -3.58. The molecule has 1 aromatic heterocycles. The van der Waals surface area contributed by atoms with Crippen molar-refractivity contribution >= 4 is 32.5 Å². The topological polar surface area (TPSA) is 71.4 Å². The minimum absolute atomic E-state index is 0.190. The lowest BCUT2D eigenvalue weighted by atomic mass is 10.2. The molecular weight excluding hydrogens is 350 g/mol. The lowest BCUT2D eigenvalue weighted by Gasteiger charge is -2.28. The summed E-state index contributed by atoms with van der Waals surface area (Å²) in [6.45, 7) is 2.83. The monoisotopic (exact) mass is 369 g/mol. The van der Waals surface area contributed by atoms with Gasteiger partial charge in [0.1, 0.15) is 0 Å². The van der Waals surface area contributed by atoms with Crippen molar-refractivity contribution in [3.8, 4) is 0 Å². The van der Waals surface area contributed by atoms with Gasteiger partial charge in [0.2, 0.25) is 15.9 Å². The molecule has 1 aliphatic heterocycles. The molecular formula is C19H19N3O3S. The van der Waals surface area contributed by atoms with Gasteiger partial charge in [-0.3, -0.25) is 4.79 Å². The largest absolute Gasteiger partial charge is 0.342 e. The third-order valence-corrected chi connectivity index (χ3v) is 6.48. The molecule has 2 aromatic carbocycles. The zero-order valence-corrected chi connectivity index (χ0v) is 15.2. The summed E-state index contributed by atoms with van der Waals surface area (Å²) in [6.07, 6.45) is 0. The number of benzene rings is 2. The second kappa shape index (κ2) is 6.26. The first-order valence-corrected chi connectivity index (χ1v) is 9.84. The first-order chi connectivity index (χ1) is 12.4. The van der Waals surface area contributed by atoms with E-state index in [4.69, 9.17) is 0 Å². The van der Waals surface area contributed by atoms with Crippen LogP contribution in [-0.4, -0.2) is 29.7 Å². The predicted octanol–water partition coefficient (Wildman–Crippen LogP) is 2.80. The van der Waals surface area contributed by atoms with Gasteiger partial charge in [-0.15, -0.1) is 0 Å². The Morgan fingerprint density at radius 3 is 2.50 bits per heavy atom. The number of fused-ring (bicyclic) bond motifs is 3. The number of hydrogen-bond donors (Lipinski definition) is 1. The zero-order valence-electron chi connectivity index (χ0n) is 14.3. The standard InChI is InChI=1S/C19H19N3O3S/c1-14(23)20-16-6-8-18(9-7-16)26(24,25)21-10-11-22-17(13-21)12-15-4-2-3-5-19(15)22/h2-9,12H,10-11,13H2,1H3,(H,20,23). The van der Waals surface area contributed by atoms with Gasteiger partial charge in [0.15, 0.2) is 0 Å².